The largest absolute Gasteiger partial charge is 0.465 e. The molecule has 1 unspecified atom stereocenters. The Morgan fingerprint density at radius 2 is 2.06 bits per heavy atom. The average molecular weight is 486 g/mol. The number of rotatable bonds is 7. The summed E-state index contributed by atoms with van der Waals surface area (Å²) >= 11 is 3.41. The van der Waals surface area contributed by atoms with Crippen LogP contribution in [0.2, 0.25) is 0 Å². The summed E-state index contributed by atoms with van der Waals surface area (Å²) in [7, 11) is 0. The van der Waals surface area contributed by atoms with Crippen molar-refractivity contribution in [2.45, 2.75) is 13.0 Å². The number of furan rings is 1. The summed E-state index contributed by atoms with van der Waals surface area (Å²) in [6, 6.07) is 14.7. The average Bonchev–Trinajstić information content (AvgIpc) is 3.21. The number of hydrogen-bond donors (Lipinski definition) is 1. The van der Waals surface area contributed by atoms with Crippen LogP contribution in [0, 0.1) is 6.92 Å². The van der Waals surface area contributed by atoms with E-state index in [1.165, 1.54) is 6.20 Å². The lowest BCUT2D eigenvalue weighted by Gasteiger charge is -2.33. The van der Waals surface area contributed by atoms with E-state index in [0.29, 0.717) is 37.0 Å². The van der Waals surface area contributed by atoms with Gasteiger partial charge in [0.2, 0.25) is 5.88 Å². The van der Waals surface area contributed by atoms with E-state index >= 15 is 0 Å². The molecule has 1 aliphatic heterocycles. The highest BCUT2D eigenvalue weighted by Gasteiger charge is 2.26. The second-order valence-corrected chi connectivity index (χ2v) is 8.18. The summed E-state index contributed by atoms with van der Waals surface area (Å²) in [5.74, 6) is 2.59. The second-order valence-electron chi connectivity index (χ2n) is 7.27. The van der Waals surface area contributed by atoms with Gasteiger partial charge < -0.3 is 19.2 Å². The fourth-order valence-electron chi connectivity index (χ4n) is 3.45. The van der Waals surface area contributed by atoms with Crippen LogP contribution in [0.15, 0.2) is 63.6 Å². The highest BCUT2D eigenvalue weighted by Crippen LogP contribution is 2.24. The number of aromatic nitrogens is 1. The highest BCUT2D eigenvalue weighted by molar-refractivity contribution is 9.10. The minimum absolute atomic E-state index is 0.0476. The molecule has 0 saturated carbocycles. The zero-order valence-corrected chi connectivity index (χ0v) is 18.8. The smallest absolute Gasteiger partial charge is 0.252 e. The monoisotopic (exact) mass is 485 g/mol. The van der Waals surface area contributed by atoms with Crippen LogP contribution in [0.5, 0.6) is 11.6 Å². The Bertz CT molecular complexity index is 1020. The first-order valence-electron chi connectivity index (χ1n) is 10.1. The Kier molecular flexibility index (Phi) is 7.01. The van der Waals surface area contributed by atoms with Crippen LogP contribution in [-0.4, -0.2) is 48.6 Å². The SMILES string of the molecule is Cc1ccc(C(CNC(=O)c2ccc(Oc3cccc(Br)c3)nc2)N2CCOCC2)o1. The molecule has 1 atom stereocenters. The minimum atomic E-state index is -0.192. The maximum absolute atomic E-state index is 12.7. The zero-order chi connectivity index (χ0) is 21.6. The number of nitrogens with one attached hydrogen (secondary N) is 1. The standard InChI is InChI=1S/C23H24BrN3O4/c1-16-5-7-21(30-16)20(27-9-11-29-12-10-27)15-26-23(28)17-6-8-22(25-14-17)31-19-4-2-3-18(24)13-19/h2-8,13-14,20H,9-12,15H2,1H3,(H,26,28). The van der Waals surface area contributed by atoms with E-state index in [2.05, 4.69) is 31.1 Å². The number of carbonyl (C=O) groups excluding carboxylic acids is 1. The van der Waals surface area contributed by atoms with Crippen molar-refractivity contribution < 1.29 is 18.7 Å². The Hall–Kier alpha value is -2.68. The number of halogens is 1. The minimum Gasteiger partial charge on any atom is -0.465 e. The second kappa shape index (κ2) is 10.1. The van der Waals surface area contributed by atoms with Gasteiger partial charge in [-0.05, 0) is 43.3 Å². The third-order valence-corrected chi connectivity index (χ3v) is 5.54. The number of ether oxygens (including phenoxy) is 2. The van der Waals surface area contributed by atoms with E-state index in [0.717, 1.165) is 29.1 Å². The van der Waals surface area contributed by atoms with Crippen molar-refractivity contribution in [3.05, 3.63) is 76.3 Å². The predicted molar refractivity (Wildman–Crippen MR) is 119 cm³/mol. The third-order valence-electron chi connectivity index (χ3n) is 5.05. The molecule has 0 aliphatic carbocycles. The van der Waals surface area contributed by atoms with E-state index in [-0.39, 0.29) is 11.9 Å². The summed E-state index contributed by atoms with van der Waals surface area (Å²) in [6.45, 7) is 5.29. The molecule has 1 amide bonds. The maximum Gasteiger partial charge on any atom is 0.252 e. The molecule has 1 aliphatic rings. The van der Waals surface area contributed by atoms with Gasteiger partial charge >= 0.3 is 0 Å². The lowest BCUT2D eigenvalue weighted by molar-refractivity contribution is 0.0117. The zero-order valence-electron chi connectivity index (χ0n) is 17.2. The number of carbonyl (C=O) groups is 1. The van der Waals surface area contributed by atoms with Crippen molar-refractivity contribution in [1.29, 1.82) is 0 Å². The first kappa shape index (κ1) is 21.5. The van der Waals surface area contributed by atoms with E-state index in [1.807, 2.05) is 43.3 Å². The normalized spacial score (nSPS) is 15.4. The van der Waals surface area contributed by atoms with Gasteiger partial charge in [-0.25, -0.2) is 4.98 Å². The van der Waals surface area contributed by atoms with Crippen molar-refractivity contribution >= 4 is 21.8 Å². The number of benzene rings is 1. The first-order valence-corrected chi connectivity index (χ1v) is 10.9. The van der Waals surface area contributed by atoms with Gasteiger partial charge in [0.1, 0.15) is 17.3 Å². The van der Waals surface area contributed by atoms with Crippen LogP contribution in [0.4, 0.5) is 0 Å². The summed E-state index contributed by atoms with van der Waals surface area (Å²) in [5.41, 5.74) is 0.470. The number of pyridine rings is 1. The summed E-state index contributed by atoms with van der Waals surface area (Å²) < 4.78 is 18.0. The van der Waals surface area contributed by atoms with Gasteiger partial charge in [0.25, 0.3) is 5.91 Å². The molecule has 4 rings (SSSR count). The van der Waals surface area contributed by atoms with Crippen molar-refractivity contribution in [2.75, 3.05) is 32.8 Å². The third kappa shape index (κ3) is 5.72. The summed E-state index contributed by atoms with van der Waals surface area (Å²) in [5, 5.41) is 3.01. The van der Waals surface area contributed by atoms with E-state index < -0.39 is 0 Å². The first-order chi connectivity index (χ1) is 15.1. The number of morpholine rings is 1. The van der Waals surface area contributed by atoms with Crippen LogP contribution in [0.25, 0.3) is 0 Å². The molecule has 162 valence electrons. The molecular weight excluding hydrogens is 462 g/mol. The highest BCUT2D eigenvalue weighted by atomic mass is 79.9. The van der Waals surface area contributed by atoms with Crippen LogP contribution in [0.1, 0.15) is 27.9 Å². The molecule has 1 saturated heterocycles. The molecule has 0 spiro atoms. The Morgan fingerprint density at radius 3 is 2.74 bits per heavy atom. The van der Waals surface area contributed by atoms with Crippen molar-refractivity contribution in [3.8, 4) is 11.6 Å². The van der Waals surface area contributed by atoms with Gasteiger partial charge in [-0.2, -0.15) is 0 Å². The maximum atomic E-state index is 12.7. The van der Waals surface area contributed by atoms with Gasteiger partial charge in [-0.15, -0.1) is 0 Å². The Labute approximate surface area is 189 Å². The van der Waals surface area contributed by atoms with Gasteiger partial charge in [0, 0.05) is 36.4 Å². The molecule has 1 N–H and O–H groups in total. The van der Waals surface area contributed by atoms with Crippen LogP contribution in [0.3, 0.4) is 0 Å². The van der Waals surface area contributed by atoms with E-state index in [1.54, 1.807) is 12.1 Å². The lowest BCUT2D eigenvalue weighted by atomic mass is 10.1. The van der Waals surface area contributed by atoms with Gasteiger partial charge in [0.15, 0.2) is 0 Å². The topological polar surface area (TPSA) is 76.8 Å². The fraction of sp³-hybridized carbons (Fsp3) is 0.304. The number of hydrogen-bond acceptors (Lipinski definition) is 6. The molecule has 0 radical (unpaired) electrons. The quantitative estimate of drug-likeness (QED) is 0.536. The summed E-state index contributed by atoms with van der Waals surface area (Å²) in [6.07, 6.45) is 1.52. The number of aryl methyl sites for hydroxylation is 1. The molecular formula is C23H24BrN3O4. The molecule has 3 heterocycles. The molecule has 7 nitrogen and oxygen atoms in total. The van der Waals surface area contributed by atoms with Gasteiger partial charge in [0.05, 0.1) is 24.8 Å². The Balaban J connectivity index is 1.39. The molecule has 3 aromatic rings. The molecule has 2 aromatic heterocycles. The van der Waals surface area contributed by atoms with Gasteiger partial charge in [-0.1, -0.05) is 22.0 Å². The molecule has 1 fully saturated rings. The lowest BCUT2D eigenvalue weighted by Crippen LogP contribution is -2.43. The number of amides is 1. The van der Waals surface area contributed by atoms with Crippen LogP contribution >= 0.6 is 15.9 Å². The molecule has 1 aromatic carbocycles. The van der Waals surface area contributed by atoms with Crippen molar-refractivity contribution in [1.82, 2.24) is 15.2 Å². The molecule has 8 heteroatoms. The molecule has 31 heavy (non-hydrogen) atoms. The molecule has 0 bridgehead atoms. The van der Waals surface area contributed by atoms with Crippen molar-refractivity contribution in [2.24, 2.45) is 0 Å². The fourth-order valence-corrected chi connectivity index (χ4v) is 3.83. The predicted octanol–water partition coefficient (Wildman–Crippen LogP) is 4.34. The van der Waals surface area contributed by atoms with Crippen LogP contribution in [-0.2, 0) is 4.74 Å². The van der Waals surface area contributed by atoms with E-state index in [4.69, 9.17) is 13.9 Å². The van der Waals surface area contributed by atoms with Gasteiger partial charge in [-0.3, -0.25) is 9.69 Å². The van der Waals surface area contributed by atoms with E-state index in [9.17, 15) is 4.79 Å². The van der Waals surface area contributed by atoms with Crippen LogP contribution < -0.4 is 10.1 Å². The Morgan fingerprint density at radius 1 is 1.23 bits per heavy atom. The number of nitrogens with zero attached hydrogens (tertiary/aromatic N) is 2. The summed E-state index contributed by atoms with van der Waals surface area (Å²) in [4.78, 5) is 19.2. The van der Waals surface area contributed by atoms with Crippen molar-refractivity contribution in [3.63, 3.8) is 0 Å².